The van der Waals surface area contributed by atoms with E-state index in [2.05, 4.69) is 22.1 Å². The van der Waals surface area contributed by atoms with Gasteiger partial charge in [0.1, 0.15) is 12.7 Å². The first kappa shape index (κ1) is 27.8. The molecule has 0 aliphatic heterocycles. The largest absolute Gasteiger partial charge is 0.419 e. The van der Waals surface area contributed by atoms with Crippen LogP contribution in [0.3, 0.4) is 0 Å². The van der Waals surface area contributed by atoms with Crippen LogP contribution in [0, 0.1) is 37.0 Å². The number of halogens is 1. The van der Waals surface area contributed by atoms with Crippen LogP contribution in [0.15, 0.2) is 46.9 Å². The van der Waals surface area contributed by atoms with Crippen LogP contribution < -0.4 is 5.32 Å². The lowest BCUT2D eigenvalue weighted by Gasteiger charge is -2.05. The van der Waals surface area contributed by atoms with Crippen LogP contribution >= 0.6 is 11.6 Å². The molecule has 33 heavy (non-hydrogen) atoms. The molecule has 2 aromatic carbocycles. The topological polar surface area (TPSA) is 71.1 Å². The summed E-state index contributed by atoms with van der Waals surface area (Å²) in [6, 6.07) is 15.8. The van der Waals surface area contributed by atoms with Crippen LogP contribution in [-0.4, -0.2) is 18.1 Å². The van der Waals surface area contributed by atoms with Gasteiger partial charge in [0.05, 0.1) is 23.7 Å². The second-order valence-electron chi connectivity index (χ2n) is 6.44. The SMILES string of the molecule is CC.CC.Cc1cc(C)c(Cl)c(-c2nc(C#N)c(NCC#CCOCc3ccccc3)o2)c1. The Morgan fingerprint density at radius 3 is 2.42 bits per heavy atom. The fourth-order valence-electron chi connectivity index (χ4n) is 2.77. The van der Waals surface area contributed by atoms with Crippen LogP contribution in [0.25, 0.3) is 11.5 Å². The second kappa shape index (κ2) is 15.5. The van der Waals surface area contributed by atoms with Crippen LogP contribution in [-0.2, 0) is 11.3 Å². The highest BCUT2D eigenvalue weighted by atomic mass is 35.5. The fourth-order valence-corrected chi connectivity index (χ4v) is 2.96. The van der Waals surface area contributed by atoms with E-state index >= 15 is 0 Å². The summed E-state index contributed by atoms with van der Waals surface area (Å²) in [7, 11) is 0. The molecule has 0 atom stereocenters. The first-order chi connectivity index (χ1) is 16.1. The number of benzene rings is 2. The van der Waals surface area contributed by atoms with Crippen molar-refractivity contribution in [3.05, 3.63) is 69.9 Å². The van der Waals surface area contributed by atoms with Gasteiger partial charge < -0.3 is 14.5 Å². The van der Waals surface area contributed by atoms with Crippen molar-refractivity contribution in [2.75, 3.05) is 18.5 Å². The summed E-state index contributed by atoms with van der Waals surface area (Å²) in [4.78, 5) is 4.26. The number of ether oxygens (including phenoxy) is 1. The van der Waals surface area contributed by atoms with Crippen molar-refractivity contribution in [2.24, 2.45) is 0 Å². The van der Waals surface area contributed by atoms with E-state index < -0.39 is 0 Å². The number of nitrogens with one attached hydrogen (secondary N) is 1. The van der Waals surface area contributed by atoms with Gasteiger partial charge in [0.15, 0.2) is 0 Å². The van der Waals surface area contributed by atoms with E-state index in [0.717, 1.165) is 16.7 Å². The number of aryl methyl sites for hydroxylation is 2. The van der Waals surface area contributed by atoms with Crippen molar-refractivity contribution in [2.45, 2.75) is 48.1 Å². The lowest BCUT2D eigenvalue weighted by Crippen LogP contribution is -2.00. The van der Waals surface area contributed by atoms with Gasteiger partial charge in [0.25, 0.3) is 0 Å². The predicted octanol–water partition coefficient (Wildman–Crippen LogP) is 7.17. The van der Waals surface area contributed by atoms with E-state index in [1.807, 2.05) is 90.1 Å². The molecule has 0 spiro atoms. The van der Waals surface area contributed by atoms with Crippen molar-refractivity contribution < 1.29 is 9.15 Å². The Labute approximate surface area is 202 Å². The third-order valence-corrected chi connectivity index (χ3v) is 4.61. The zero-order chi connectivity index (χ0) is 24.6. The minimum Gasteiger partial charge on any atom is -0.419 e. The second-order valence-corrected chi connectivity index (χ2v) is 6.82. The Balaban J connectivity index is 0.00000129. The van der Waals surface area contributed by atoms with Crippen molar-refractivity contribution >= 4 is 17.5 Å². The van der Waals surface area contributed by atoms with Gasteiger partial charge in [-0.15, -0.1) is 0 Å². The molecule has 0 aliphatic carbocycles. The first-order valence-electron chi connectivity index (χ1n) is 11.1. The molecule has 1 heterocycles. The summed E-state index contributed by atoms with van der Waals surface area (Å²) in [6.45, 7) is 13.0. The van der Waals surface area contributed by atoms with Gasteiger partial charge in [-0.05, 0) is 36.6 Å². The quantitative estimate of drug-likeness (QED) is 0.308. The normalized spacial score (nSPS) is 9.27. The molecule has 0 amide bonds. The Hall–Kier alpha value is -3.25. The van der Waals surface area contributed by atoms with E-state index in [0.29, 0.717) is 36.2 Å². The maximum Gasteiger partial charge on any atom is 0.233 e. The number of nitriles is 1. The Bertz CT molecular complexity index is 1090. The molecule has 3 rings (SSSR count). The van der Waals surface area contributed by atoms with E-state index in [1.54, 1.807) is 0 Å². The molecule has 0 fully saturated rings. The molecule has 5 nitrogen and oxygen atoms in total. The van der Waals surface area contributed by atoms with Gasteiger partial charge in [0, 0.05) is 0 Å². The molecule has 0 bridgehead atoms. The Kier molecular flexibility index (Phi) is 13.1. The zero-order valence-electron chi connectivity index (χ0n) is 20.3. The molecule has 0 saturated heterocycles. The van der Waals surface area contributed by atoms with Gasteiger partial charge in [0.2, 0.25) is 17.5 Å². The molecule has 6 heteroatoms. The highest BCUT2D eigenvalue weighted by Gasteiger charge is 2.17. The van der Waals surface area contributed by atoms with Gasteiger partial charge in [-0.3, -0.25) is 0 Å². The highest BCUT2D eigenvalue weighted by molar-refractivity contribution is 6.34. The van der Waals surface area contributed by atoms with Crippen LogP contribution in [0.4, 0.5) is 5.88 Å². The van der Waals surface area contributed by atoms with Crippen LogP contribution in [0.1, 0.15) is 50.1 Å². The maximum atomic E-state index is 9.34. The summed E-state index contributed by atoms with van der Waals surface area (Å²) in [5.74, 6) is 6.45. The van der Waals surface area contributed by atoms with Crippen molar-refractivity contribution in [1.29, 1.82) is 5.26 Å². The zero-order valence-corrected chi connectivity index (χ0v) is 21.0. The smallest absolute Gasteiger partial charge is 0.233 e. The van der Waals surface area contributed by atoms with Gasteiger partial charge in [-0.2, -0.15) is 10.2 Å². The van der Waals surface area contributed by atoms with Gasteiger partial charge in [-0.1, -0.05) is 87.5 Å². The van der Waals surface area contributed by atoms with Crippen molar-refractivity contribution in [3.63, 3.8) is 0 Å². The number of nitrogens with zero attached hydrogens (tertiary/aromatic N) is 2. The molecular weight excluding hydrogens is 434 g/mol. The monoisotopic (exact) mass is 465 g/mol. The van der Waals surface area contributed by atoms with Crippen molar-refractivity contribution in [1.82, 2.24) is 4.98 Å². The molecule has 0 unspecified atom stereocenters. The molecule has 1 aromatic heterocycles. The van der Waals surface area contributed by atoms with Gasteiger partial charge in [-0.25, -0.2) is 0 Å². The van der Waals surface area contributed by atoms with E-state index in [-0.39, 0.29) is 11.6 Å². The Morgan fingerprint density at radius 2 is 1.76 bits per heavy atom. The average molecular weight is 466 g/mol. The molecule has 0 saturated carbocycles. The third kappa shape index (κ3) is 8.66. The summed E-state index contributed by atoms with van der Waals surface area (Å²) < 4.78 is 11.3. The molecule has 1 N–H and O–H groups in total. The summed E-state index contributed by atoms with van der Waals surface area (Å²) in [6.07, 6.45) is 0. The predicted molar refractivity (Wildman–Crippen MR) is 136 cm³/mol. The average Bonchev–Trinajstić information content (AvgIpc) is 3.27. The fraction of sp³-hybridized carbons (Fsp3) is 0.333. The molecule has 0 radical (unpaired) electrons. The number of anilines is 1. The highest BCUT2D eigenvalue weighted by Crippen LogP contribution is 2.33. The molecular formula is C27H32ClN3O2. The number of oxazole rings is 1. The summed E-state index contributed by atoms with van der Waals surface area (Å²) in [5, 5.41) is 12.9. The number of aromatic nitrogens is 1. The standard InChI is InChI=1S/C23H20ClN3O2.2C2H6/c1-16-12-17(2)21(24)19(13-16)22-27-20(14-25)23(29-22)26-10-6-7-11-28-15-18-8-4-3-5-9-18;2*1-2/h3-5,8-9,12-13,26H,10-11,15H2,1-2H3;2*1-2H3. The Morgan fingerprint density at radius 1 is 1.06 bits per heavy atom. The summed E-state index contributed by atoms with van der Waals surface area (Å²) >= 11 is 6.38. The minimum absolute atomic E-state index is 0.164. The third-order valence-electron chi connectivity index (χ3n) is 4.11. The van der Waals surface area contributed by atoms with E-state index in [4.69, 9.17) is 20.8 Å². The summed E-state index contributed by atoms with van der Waals surface area (Å²) in [5.41, 5.74) is 3.89. The first-order valence-corrected chi connectivity index (χ1v) is 11.5. The van der Waals surface area contributed by atoms with Crippen molar-refractivity contribution in [3.8, 4) is 29.4 Å². The van der Waals surface area contributed by atoms with Crippen LogP contribution in [0.5, 0.6) is 0 Å². The van der Waals surface area contributed by atoms with Gasteiger partial charge >= 0.3 is 0 Å². The maximum absolute atomic E-state index is 9.34. The number of hydrogen-bond acceptors (Lipinski definition) is 5. The number of rotatable bonds is 6. The van der Waals surface area contributed by atoms with E-state index in [9.17, 15) is 5.26 Å². The van der Waals surface area contributed by atoms with Crippen LogP contribution in [0.2, 0.25) is 5.02 Å². The lowest BCUT2D eigenvalue weighted by molar-refractivity contribution is 0.153. The lowest BCUT2D eigenvalue weighted by atomic mass is 10.1. The number of hydrogen-bond donors (Lipinski definition) is 1. The molecule has 3 aromatic rings. The molecule has 0 aliphatic rings. The van der Waals surface area contributed by atoms with E-state index in [1.165, 1.54) is 0 Å². The minimum atomic E-state index is 0.164. The molecule has 174 valence electrons.